The quantitative estimate of drug-likeness (QED) is 0.246. The maximum absolute atomic E-state index is 9.35. The van der Waals surface area contributed by atoms with Gasteiger partial charge in [0.2, 0.25) is 0 Å². The van der Waals surface area contributed by atoms with Crippen LogP contribution in [0.2, 0.25) is 10.0 Å². The molecular formula is C21H31BrCl2N2O2. The van der Waals surface area contributed by atoms with E-state index < -0.39 is 5.60 Å². The van der Waals surface area contributed by atoms with Gasteiger partial charge in [-0.2, -0.15) is 0 Å². The Balaban J connectivity index is 0. The Morgan fingerprint density at radius 2 is 1.36 bits per heavy atom. The van der Waals surface area contributed by atoms with Crippen molar-refractivity contribution < 1.29 is 4.84 Å². The van der Waals surface area contributed by atoms with Gasteiger partial charge in [-0.25, -0.2) is 0 Å². The lowest BCUT2D eigenvalue weighted by atomic mass is 10.1. The third-order valence-corrected chi connectivity index (χ3v) is 5.04. The monoisotopic (exact) mass is 492 g/mol. The van der Waals surface area contributed by atoms with Gasteiger partial charge in [0.05, 0.1) is 15.7 Å². The lowest BCUT2D eigenvalue weighted by Gasteiger charge is -2.11. The first-order chi connectivity index (χ1) is 12.3. The molecule has 2 aromatic carbocycles. The minimum atomic E-state index is -0.429. The van der Waals surface area contributed by atoms with E-state index in [0.29, 0.717) is 10.7 Å². The standard InChI is InChI=1S/C8H8BrCl.C8H10ClN.C4H9NO2.CH4/c1-5-3-6(2)8(9)7(10)4-5;1-5-3-6(2)8(10)7(9)4-5;1-4(2,3)7-5-6;/h3-4H,1-2H3;3-4H,10H2,1-2H3;1-3H3;1H4. The zero-order valence-corrected chi connectivity index (χ0v) is 19.9. The second kappa shape index (κ2) is 13.0. The van der Waals surface area contributed by atoms with Crippen molar-refractivity contribution in [1.82, 2.24) is 0 Å². The molecule has 0 radical (unpaired) electrons. The molecule has 2 rings (SSSR count). The Kier molecular flexibility index (Phi) is 13.4. The SMILES string of the molecule is C.CC(C)(C)ON=O.Cc1cc(C)c(Br)c(Cl)c1.Cc1cc(C)c(N)c(Cl)c1. The number of aryl methyl sites for hydroxylation is 4. The maximum atomic E-state index is 9.35. The summed E-state index contributed by atoms with van der Waals surface area (Å²) in [6.45, 7) is 13.3. The third kappa shape index (κ3) is 11.5. The second-order valence-corrected chi connectivity index (χ2v) is 8.74. The van der Waals surface area contributed by atoms with E-state index in [4.69, 9.17) is 28.9 Å². The Labute approximate surface area is 187 Å². The fraction of sp³-hybridized carbons (Fsp3) is 0.429. The Morgan fingerprint density at radius 3 is 1.68 bits per heavy atom. The number of benzene rings is 2. The summed E-state index contributed by atoms with van der Waals surface area (Å²) in [7, 11) is 0. The van der Waals surface area contributed by atoms with E-state index in [1.165, 1.54) is 11.1 Å². The molecule has 158 valence electrons. The van der Waals surface area contributed by atoms with Gasteiger partial charge in [-0.1, -0.05) is 42.8 Å². The van der Waals surface area contributed by atoms with Crippen molar-refractivity contribution in [3.05, 3.63) is 65.9 Å². The summed E-state index contributed by atoms with van der Waals surface area (Å²) in [6.07, 6.45) is 0. The van der Waals surface area contributed by atoms with E-state index in [1.807, 2.05) is 45.9 Å². The van der Waals surface area contributed by atoms with Gasteiger partial charge in [0.1, 0.15) is 5.60 Å². The highest BCUT2D eigenvalue weighted by Crippen LogP contribution is 2.27. The minimum Gasteiger partial charge on any atom is -0.397 e. The summed E-state index contributed by atoms with van der Waals surface area (Å²) in [6, 6.07) is 7.92. The van der Waals surface area contributed by atoms with Gasteiger partial charge >= 0.3 is 0 Å². The summed E-state index contributed by atoms with van der Waals surface area (Å²) in [5.74, 6) is 0. The first-order valence-electron chi connectivity index (χ1n) is 8.23. The number of nitrogens with two attached hydrogens (primary N) is 1. The molecule has 0 saturated heterocycles. The molecule has 0 aromatic heterocycles. The van der Waals surface area contributed by atoms with Crippen LogP contribution in [-0.4, -0.2) is 5.60 Å². The molecule has 0 bridgehead atoms. The number of hydrogen-bond donors (Lipinski definition) is 1. The van der Waals surface area contributed by atoms with E-state index in [0.717, 1.165) is 20.6 Å². The topological polar surface area (TPSA) is 64.7 Å². The van der Waals surface area contributed by atoms with Crippen LogP contribution in [0.4, 0.5) is 5.69 Å². The summed E-state index contributed by atoms with van der Waals surface area (Å²) in [4.78, 5) is 13.6. The van der Waals surface area contributed by atoms with Crippen LogP contribution in [0.1, 0.15) is 50.5 Å². The zero-order valence-electron chi connectivity index (χ0n) is 16.8. The van der Waals surface area contributed by atoms with Crippen molar-refractivity contribution in [3.63, 3.8) is 0 Å². The molecule has 0 atom stereocenters. The third-order valence-electron chi connectivity index (χ3n) is 3.15. The van der Waals surface area contributed by atoms with Crippen LogP contribution in [0.5, 0.6) is 0 Å². The smallest absolute Gasteiger partial charge is 0.155 e. The van der Waals surface area contributed by atoms with Crippen molar-refractivity contribution in [3.8, 4) is 0 Å². The highest BCUT2D eigenvalue weighted by Gasteiger charge is 2.09. The summed E-state index contributed by atoms with van der Waals surface area (Å²) >= 11 is 15.0. The maximum Gasteiger partial charge on any atom is 0.155 e. The van der Waals surface area contributed by atoms with E-state index in [1.54, 1.807) is 20.8 Å². The Bertz CT molecular complexity index is 674. The number of nitrogens with zero attached hydrogens (tertiary/aromatic N) is 1. The van der Waals surface area contributed by atoms with Crippen LogP contribution in [0.3, 0.4) is 0 Å². The number of anilines is 1. The zero-order chi connectivity index (χ0) is 21.4. The molecule has 0 unspecified atom stereocenters. The summed E-state index contributed by atoms with van der Waals surface area (Å²) in [5.41, 5.74) is 10.5. The molecule has 0 fully saturated rings. The van der Waals surface area contributed by atoms with Gasteiger partial charge in [0.25, 0.3) is 0 Å². The van der Waals surface area contributed by atoms with Crippen LogP contribution < -0.4 is 5.73 Å². The van der Waals surface area contributed by atoms with Gasteiger partial charge < -0.3 is 10.6 Å². The van der Waals surface area contributed by atoms with Crippen molar-refractivity contribution >= 4 is 44.8 Å². The first kappa shape index (κ1) is 28.9. The molecule has 7 heteroatoms. The fourth-order valence-electron chi connectivity index (χ4n) is 1.94. The van der Waals surface area contributed by atoms with Gasteiger partial charge in [0.15, 0.2) is 5.34 Å². The number of halogens is 3. The van der Waals surface area contributed by atoms with Crippen LogP contribution in [-0.2, 0) is 4.84 Å². The number of rotatable bonds is 1. The summed E-state index contributed by atoms with van der Waals surface area (Å²) in [5, 5.41) is 3.70. The molecule has 0 heterocycles. The molecule has 2 N–H and O–H groups in total. The van der Waals surface area contributed by atoms with Crippen LogP contribution in [0, 0.1) is 32.6 Å². The predicted octanol–water partition coefficient (Wildman–Crippen LogP) is 8.38. The molecule has 0 aliphatic rings. The molecule has 0 amide bonds. The van der Waals surface area contributed by atoms with Crippen molar-refractivity contribution in [2.24, 2.45) is 5.34 Å². The lowest BCUT2D eigenvalue weighted by molar-refractivity contribution is -0.00229. The molecule has 0 saturated carbocycles. The van der Waals surface area contributed by atoms with Gasteiger partial charge in [-0.3, -0.25) is 0 Å². The molecule has 2 aromatic rings. The van der Waals surface area contributed by atoms with Gasteiger partial charge in [0, 0.05) is 4.47 Å². The normalized spacial score (nSPS) is 9.79. The molecular weight excluding hydrogens is 463 g/mol. The highest BCUT2D eigenvalue weighted by molar-refractivity contribution is 9.10. The summed E-state index contributed by atoms with van der Waals surface area (Å²) < 4.78 is 1.000. The lowest BCUT2D eigenvalue weighted by Crippen LogP contribution is -2.14. The van der Waals surface area contributed by atoms with E-state index >= 15 is 0 Å². The molecule has 28 heavy (non-hydrogen) atoms. The number of hydrogen-bond acceptors (Lipinski definition) is 4. The van der Waals surface area contributed by atoms with Crippen molar-refractivity contribution in [1.29, 1.82) is 0 Å². The first-order valence-corrected chi connectivity index (χ1v) is 9.78. The van der Waals surface area contributed by atoms with Crippen LogP contribution >= 0.6 is 39.1 Å². The predicted molar refractivity (Wildman–Crippen MR) is 127 cm³/mol. The van der Waals surface area contributed by atoms with Crippen molar-refractivity contribution in [2.75, 3.05) is 5.73 Å². The Hall–Kier alpha value is -1.30. The fourth-order valence-corrected chi connectivity index (χ4v) is 2.81. The minimum absolute atomic E-state index is 0. The second-order valence-electron chi connectivity index (χ2n) is 7.13. The van der Waals surface area contributed by atoms with Crippen LogP contribution in [0.15, 0.2) is 34.1 Å². The van der Waals surface area contributed by atoms with Crippen molar-refractivity contribution in [2.45, 2.75) is 61.5 Å². The number of nitrogen functional groups attached to an aromatic ring is 1. The molecule has 4 nitrogen and oxygen atoms in total. The van der Waals surface area contributed by atoms with Crippen LogP contribution in [0.25, 0.3) is 0 Å². The molecule has 0 aliphatic heterocycles. The van der Waals surface area contributed by atoms with E-state index in [-0.39, 0.29) is 7.43 Å². The van der Waals surface area contributed by atoms with E-state index in [2.05, 4.69) is 32.2 Å². The van der Waals surface area contributed by atoms with Gasteiger partial charge in [-0.15, -0.1) is 4.91 Å². The largest absolute Gasteiger partial charge is 0.397 e. The molecule has 0 aliphatic carbocycles. The molecule has 0 spiro atoms. The van der Waals surface area contributed by atoms with E-state index in [9.17, 15) is 4.91 Å². The average Bonchev–Trinajstić information content (AvgIpc) is 2.50. The highest BCUT2D eigenvalue weighted by atomic mass is 79.9. The van der Waals surface area contributed by atoms with Gasteiger partial charge in [-0.05, 0) is 98.8 Å². The Morgan fingerprint density at radius 1 is 0.929 bits per heavy atom. The average molecular weight is 494 g/mol.